The Bertz CT molecular complexity index is 586. The first kappa shape index (κ1) is 19.4. The molecule has 1 aliphatic rings. The van der Waals surface area contributed by atoms with Crippen LogP contribution in [0.3, 0.4) is 0 Å². The number of rotatable bonds is 7. The molecule has 25 heavy (non-hydrogen) atoms. The molecule has 0 saturated heterocycles. The fourth-order valence-corrected chi connectivity index (χ4v) is 3.29. The molecule has 0 aromatic heterocycles. The average Bonchev–Trinajstić information content (AvgIpc) is 2.57. The number of amides is 2. The topological polar surface area (TPSA) is 61.4 Å². The van der Waals surface area contributed by atoms with Crippen molar-refractivity contribution in [2.45, 2.75) is 50.6 Å². The molecule has 1 aromatic rings. The van der Waals surface area contributed by atoms with E-state index < -0.39 is 11.9 Å². The zero-order valence-corrected chi connectivity index (χ0v) is 15.1. The lowest BCUT2D eigenvalue weighted by Crippen LogP contribution is -2.41. The first-order valence-corrected chi connectivity index (χ1v) is 8.97. The van der Waals surface area contributed by atoms with Gasteiger partial charge in [0.25, 0.3) is 0 Å². The van der Waals surface area contributed by atoms with Crippen molar-refractivity contribution in [3.63, 3.8) is 0 Å². The van der Waals surface area contributed by atoms with E-state index in [4.69, 9.17) is 0 Å². The third kappa shape index (κ3) is 5.81. The standard InChI is InChI=1S/C19H28FN3O2/c1-23(2)18(15-10-6-7-11-16(15)20)19(25)21-13-12-17(24)22-14-8-4-3-5-9-14/h6-7,10-11,14,18H,3-5,8-9,12-13H2,1-2H3,(H,21,25)(H,22,24)/t18-/m0/s1. The number of carbonyl (C=O) groups is 2. The van der Waals surface area contributed by atoms with Crippen molar-refractivity contribution in [3.05, 3.63) is 35.6 Å². The third-order valence-corrected chi connectivity index (χ3v) is 4.59. The Morgan fingerprint density at radius 3 is 2.52 bits per heavy atom. The molecule has 2 amide bonds. The number of nitrogens with one attached hydrogen (secondary N) is 2. The van der Waals surface area contributed by atoms with Crippen molar-refractivity contribution in [3.8, 4) is 0 Å². The summed E-state index contributed by atoms with van der Waals surface area (Å²) in [6.07, 6.45) is 5.87. The summed E-state index contributed by atoms with van der Waals surface area (Å²) in [5.41, 5.74) is 0.330. The van der Waals surface area contributed by atoms with Crippen LogP contribution in [0, 0.1) is 5.82 Å². The normalized spacial score (nSPS) is 16.5. The zero-order valence-electron chi connectivity index (χ0n) is 15.1. The van der Waals surface area contributed by atoms with Gasteiger partial charge in [0.2, 0.25) is 11.8 Å². The Hall–Kier alpha value is -1.95. The molecule has 5 nitrogen and oxygen atoms in total. The lowest BCUT2D eigenvalue weighted by molar-refractivity contribution is -0.126. The van der Waals surface area contributed by atoms with E-state index in [0.717, 1.165) is 25.7 Å². The molecular formula is C19H28FN3O2. The van der Waals surface area contributed by atoms with Crippen LogP contribution in [0.5, 0.6) is 0 Å². The molecule has 0 heterocycles. The fraction of sp³-hybridized carbons (Fsp3) is 0.579. The minimum Gasteiger partial charge on any atom is -0.354 e. The Morgan fingerprint density at radius 1 is 1.20 bits per heavy atom. The van der Waals surface area contributed by atoms with Gasteiger partial charge in [-0.2, -0.15) is 0 Å². The lowest BCUT2D eigenvalue weighted by atomic mass is 9.95. The molecule has 0 spiro atoms. The van der Waals surface area contributed by atoms with Gasteiger partial charge in [0.1, 0.15) is 11.9 Å². The number of halogens is 1. The Balaban J connectivity index is 1.83. The molecule has 2 rings (SSSR count). The summed E-state index contributed by atoms with van der Waals surface area (Å²) in [5, 5.41) is 5.77. The molecule has 0 unspecified atom stereocenters. The van der Waals surface area contributed by atoms with Crippen molar-refractivity contribution in [2.24, 2.45) is 0 Å². The summed E-state index contributed by atoms with van der Waals surface area (Å²) < 4.78 is 14.0. The summed E-state index contributed by atoms with van der Waals surface area (Å²) in [7, 11) is 3.46. The van der Waals surface area contributed by atoms with E-state index in [1.165, 1.54) is 12.5 Å². The highest BCUT2D eigenvalue weighted by Crippen LogP contribution is 2.21. The number of hydrogen-bond acceptors (Lipinski definition) is 3. The van der Waals surface area contributed by atoms with Gasteiger partial charge in [0, 0.05) is 24.6 Å². The van der Waals surface area contributed by atoms with Gasteiger partial charge in [-0.05, 0) is 33.0 Å². The van der Waals surface area contributed by atoms with Gasteiger partial charge in [-0.3, -0.25) is 14.5 Å². The Morgan fingerprint density at radius 2 is 1.88 bits per heavy atom. The largest absolute Gasteiger partial charge is 0.354 e. The molecule has 0 bridgehead atoms. The molecule has 1 aliphatic carbocycles. The smallest absolute Gasteiger partial charge is 0.242 e. The highest BCUT2D eigenvalue weighted by atomic mass is 19.1. The maximum atomic E-state index is 14.0. The number of hydrogen-bond donors (Lipinski definition) is 2. The molecule has 6 heteroatoms. The number of likely N-dealkylation sites (N-methyl/N-ethyl adjacent to an activating group) is 1. The van der Waals surface area contributed by atoms with Gasteiger partial charge in [0.15, 0.2) is 0 Å². The minimum absolute atomic E-state index is 0.0421. The quantitative estimate of drug-likeness (QED) is 0.794. The van der Waals surface area contributed by atoms with E-state index in [-0.39, 0.29) is 30.8 Å². The molecule has 138 valence electrons. The van der Waals surface area contributed by atoms with Crippen molar-refractivity contribution in [1.29, 1.82) is 0 Å². The Labute approximate surface area is 149 Å². The van der Waals surface area contributed by atoms with Crippen LogP contribution in [0.4, 0.5) is 4.39 Å². The van der Waals surface area contributed by atoms with Crippen LogP contribution in [0.15, 0.2) is 24.3 Å². The van der Waals surface area contributed by atoms with Crippen LogP contribution in [0.1, 0.15) is 50.1 Å². The molecular weight excluding hydrogens is 321 g/mol. The van der Waals surface area contributed by atoms with Gasteiger partial charge >= 0.3 is 0 Å². The average molecular weight is 349 g/mol. The highest BCUT2D eigenvalue weighted by molar-refractivity contribution is 5.84. The first-order valence-electron chi connectivity index (χ1n) is 8.97. The van der Waals surface area contributed by atoms with Gasteiger partial charge in [0.05, 0.1) is 0 Å². The zero-order chi connectivity index (χ0) is 18.2. The molecule has 2 N–H and O–H groups in total. The second kappa shape index (κ2) is 9.51. The maximum Gasteiger partial charge on any atom is 0.242 e. The van der Waals surface area contributed by atoms with E-state index in [0.29, 0.717) is 5.56 Å². The van der Waals surface area contributed by atoms with E-state index in [1.807, 2.05) is 0 Å². The molecule has 0 radical (unpaired) electrons. The van der Waals surface area contributed by atoms with Crippen molar-refractivity contribution >= 4 is 11.8 Å². The van der Waals surface area contributed by atoms with Gasteiger partial charge < -0.3 is 10.6 Å². The SMILES string of the molecule is CN(C)[C@H](C(=O)NCCC(=O)NC1CCCCC1)c1ccccc1F. The summed E-state index contributed by atoms with van der Waals surface area (Å²) in [5.74, 6) is -0.758. The molecule has 1 aromatic carbocycles. The monoisotopic (exact) mass is 349 g/mol. The van der Waals surface area contributed by atoms with Gasteiger partial charge in [-0.1, -0.05) is 37.5 Å². The van der Waals surface area contributed by atoms with Crippen LogP contribution < -0.4 is 10.6 Å². The van der Waals surface area contributed by atoms with E-state index in [1.54, 1.807) is 37.2 Å². The third-order valence-electron chi connectivity index (χ3n) is 4.59. The molecule has 1 atom stereocenters. The first-order chi connectivity index (χ1) is 12.0. The van der Waals surface area contributed by atoms with E-state index in [9.17, 15) is 14.0 Å². The molecule has 0 aliphatic heterocycles. The van der Waals surface area contributed by atoms with Crippen LogP contribution in [0.25, 0.3) is 0 Å². The molecule has 1 saturated carbocycles. The van der Waals surface area contributed by atoms with Crippen molar-refractivity contribution in [2.75, 3.05) is 20.6 Å². The van der Waals surface area contributed by atoms with Crippen LogP contribution in [-0.2, 0) is 9.59 Å². The van der Waals surface area contributed by atoms with E-state index in [2.05, 4.69) is 10.6 Å². The fourth-order valence-electron chi connectivity index (χ4n) is 3.29. The van der Waals surface area contributed by atoms with Gasteiger partial charge in [-0.15, -0.1) is 0 Å². The number of benzene rings is 1. The molecule has 1 fully saturated rings. The van der Waals surface area contributed by atoms with E-state index >= 15 is 0 Å². The Kier molecular flexibility index (Phi) is 7.37. The van der Waals surface area contributed by atoms with Gasteiger partial charge in [-0.25, -0.2) is 4.39 Å². The van der Waals surface area contributed by atoms with Crippen LogP contribution in [-0.4, -0.2) is 43.4 Å². The maximum absolute atomic E-state index is 14.0. The second-order valence-electron chi connectivity index (χ2n) is 6.83. The summed E-state index contributed by atoms with van der Waals surface area (Å²) >= 11 is 0. The predicted molar refractivity (Wildman–Crippen MR) is 95.5 cm³/mol. The van der Waals surface area contributed by atoms with Crippen molar-refractivity contribution in [1.82, 2.24) is 15.5 Å². The van der Waals surface area contributed by atoms with Crippen molar-refractivity contribution < 1.29 is 14.0 Å². The van der Waals surface area contributed by atoms with Crippen LogP contribution in [0.2, 0.25) is 0 Å². The highest BCUT2D eigenvalue weighted by Gasteiger charge is 2.25. The second-order valence-corrected chi connectivity index (χ2v) is 6.83. The number of carbonyl (C=O) groups excluding carboxylic acids is 2. The summed E-state index contributed by atoms with van der Waals surface area (Å²) in [6.45, 7) is 0.246. The number of nitrogens with zero attached hydrogens (tertiary/aromatic N) is 1. The predicted octanol–water partition coefficient (Wildman–Crippen LogP) is 2.38. The minimum atomic E-state index is -0.720. The summed E-state index contributed by atoms with van der Waals surface area (Å²) in [6, 6.07) is 5.80. The summed E-state index contributed by atoms with van der Waals surface area (Å²) in [4.78, 5) is 26.1. The van der Waals surface area contributed by atoms with Crippen LogP contribution >= 0.6 is 0 Å². The lowest BCUT2D eigenvalue weighted by Gasteiger charge is -2.24.